The number of methoxy groups -OCH3 is 3. The minimum Gasteiger partial charge on any atom is -0.493 e. The lowest BCUT2D eigenvalue weighted by Gasteiger charge is -2.31. The average molecular weight is 693 g/mol. The molecule has 0 spiro atoms. The maximum Gasteiger partial charge on any atom is 0.318 e. The molecule has 4 aromatic carbocycles. The van der Waals surface area contributed by atoms with E-state index >= 15 is 0 Å². The molecule has 2 heterocycles. The largest absolute Gasteiger partial charge is 0.493 e. The van der Waals surface area contributed by atoms with Gasteiger partial charge in [0, 0.05) is 11.6 Å². The number of fused-ring (bicyclic) bond motifs is 3. The lowest BCUT2D eigenvalue weighted by molar-refractivity contribution is -0.394. The Morgan fingerprint density at radius 3 is 2.28 bits per heavy atom. The normalized spacial score (nSPS) is 14.9. The summed E-state index contributed by atoms with van der Waals surface area (Å²) in [6.45, 7) is 0. The van der Waals surface area contributed by atoms with E-state index < -0.39 is 27.3 Å². The molecular weight excluding hydrogens is 664 g/mol. The van der Waals surface area contributed by atoms with Crippen LogP contribution in [0.25, 0.3) is 11.8 Å². The summed E-state index contributed by atoms with van der Waals surface area (Å²) in [5.74, 6) is 1.31. The van der Waals surface area contributed by atoms with E-state index in [0.717, 1.165) is 53.4 Å². The summed E-state index contributed by atoms with van der Waals surface area (Å²) < 4.78 is 24.6. The molecule has 7 rings (SSSR count). The van der Waals surface area contributed by atoms with Gasteiger partial charge in [-0.15, -0.1) is 0 Å². The molecule has 0 bridgehead atoms. The number of benzene rings is 4. The number of ether oxygens (including phenoxy) is 4. The Hall–Kier alpha value is -6.28. The number of nitro benzene ring substituents is 2. The first kappa shape index (κ1) is 32.3. The molecule has 252 valence electrons. The fourth-order valence-corrected chi connectivity index (χ4v) is 7.32. The molecule has 0 unspecified atom stereocenters. The number of non-ortho nitro benzene ring substituents is 1. The van der Waals surface area contributed by atoms with Crippen molar-refractivity contribution in [3.63, 3.8) is 0 Å². The summed E-state index contributed by atoms with van der Waals surface area (Å²) in [5, 5.41) is 22.8. The molecule has 14 heteroatoms. The number of thiazole rings is 1. The van der Waals surface area contributed by atoms with Crippen LogP contribution in [0.2, 0.25) is 0 Å². The second-order valence-electron chi connectivity index (χ2n) is 11.4. The van der Waals surface area contributed by atoms with Crippen LogP contribution in [0.4, 0.5) is 11.4 Å². The third-order valence-electron chi connectivity index (χ3n) is 8.65. The lowest BCUT2D eigenvalue weighted by Crippen LogP contribution is -2.38. The van der Waals surface area contributed by atoms with Crippen LogP contribution in [-0.4, -0.2) is 35.7 Å². The Balaban J connectivity index is 1.33. The van der Waals surface area contributed by atoms with E-state index in [1.807, 2.05) is 30.3 Å². The first-order chi connectivity index (χ1) is 24.2. The first-order valence-corrected chi connectivity index (χ1v) is 16.2. The van der Waals surface area contributed by atoms with Crippen LogP contribution in [0.1, 0.15) is 34.7 Å². The molecule has 0 amide bonds. The van der Waals surface area contributed by atoms with Gasteiger partial charge < -0.3 is 18.9 Å². The standard InChI is InChI=1S/C36H28N4O9S/c1-46-28-14-10-22(18-31(28)48-3)34-25-12-9-21-6-4-5-7-24(21)33(25)37-36-38(34)35(41)32(50-36)17-20-8-13-29(30(16-20)47-2)49-27-15-11-23(39(42)43)19-26(27)40(44)45/h4-8,10-11,13-19,34H,9,12H2,1-3H3/b32-17-/t34-/m1/s1. The highest BCUT2D eigenvalue weighted by molar-refractivity contribution is 7.07. The highest BCUT2D eigenvalue weighted by atomic mass is 32.1. The Morgan fingerprint density at radius 1 is 0.820 bits per heavy atom. The zero-order chi connectivity index (χ0) is 35.1. The van der Waals surface area contributed by atoms with Gasteiger partial charge in [0.15, 0.2) is 27.8 Å². The molecule has 0 fully saturated rings. The van der Waals surface area contributed by atoms with Crippen LogP contribution in [0.5, 0.6) is 28.7 Å². The van der Waals surface area contributed by atoms with E-state index in [2.05, 4.69) is 12.1 Å². The van der Waals surface area contributed by atoms with E-state index in [9.17, 15) is 25.0 Å². The van der Waals surface area contributed by atoms with Crippen molar-refractivity contribution in [1.29, 1.82) is 0 Å². The molecule has 1 aliphatic heterocycles. The number of aryl methyl sites for hydroxylation is 1. The summed E-state index contributed by atoms with van der Waals surface area (Å²) >= 11 is 1.27. The van der Waals surface area contributed by atoms with Crippen molar-refractivity contribution in [3.05, 3.63) is 147 Å². The number of hydrogen-bond acceptors (Lipinski definition) is 11. The summed E-state index contributed by atoms with van der Waals surface area (Å²) in [6, 6.07) is 21.4. The molecule has 5 aromatic rings. The molecule has 0 N–H and O–H groups in total. The maximum absolute atomic E-state index is 14.3. The van der Waals surface area contributed by atoms with Crippen molar-refractivity contribution in [1.82, 2.24) is 4.57 Å². The van der Waals surface area contributed by atoms with Crippen molar-refractivity contribution >= 4 is 34.5 Å². The number of nitro groups is 2. The molecule has 0 saturated carbocycles. The van der Waals surface area contributed by atoms with Gasteiger partial charge in [-0.2, -0.15) is 0 Å². The molecule has 2 aliphatic rings. The van der Waals surface area contributed by atoms with Gasteiger partial charge in [0.05, 0.1) is 53.5 Å². The molecular formula is C36H28N4O9S. The predicted molar refractivity (Wildman–Crippen MR) is 185 cm³/mol. The summed E-state index contributed by atoms with van der Waals surface area (Å²) in [4.78, 5) is 41.2. The third kappa shape index (κ3) is 5.64. The van der Waals surface area contributed by atoms with Crippen LogP contribution in [0, 0.1) is 20.2 Å². The smallest absolute Gasteiger partial charge is 0.318 e. The number of nitrogens with zero attached hydrogens (tertiary/aromatic N) is 4. The van der Waals surface area contributed by atoms with E-state index in [-0.39, 0.29) is 22.8 Å². The molecule has 13 nitrogen and oxygen atoms in total. The van der Waals surface area contributed by atoms with Crippen LogP contribution < -0.4 is 33.8 Å². The number of aromatic nitrogens is 1. The second kappa shape index (κ2) is 13.0. The number of rotatable bonds is 9. The molecule has 0 saturated heterocycles. The van der Waals surface area contributed by atoms with E-state index in [0.29, 0.717) is 26.4 Å². The fourth-order valence-electron chi connectivity index (χ4n) is 6.32. The second-order valence-corrected chi connectivity index (χ2v) is 12.4. The molecule has 1 atom stereocenters. The van der Waals surface area contributed by atoms with Gasteiger partial charge in [0.1, 0.15) is 0 Å². The molecule has 0 radical (unpaired) electrons. The van der Waals surface area contributed by atoms with Crippen LogP contribution in [0.15, 0.2) is 94.2 Å². The Labute approximate surface area is 287 Å². The van der Waals surface area contributed by atoms with Gasteiger partial charge in [-0.05, 0) is 71.5 Å². The third-order valence-corrected chi connectivity index (χ3v) is 9.63. The first-order valence-electron chi connectivity index (χ1n) is 15.3. The van der Waals surface area contributed by atoms with Gasteiger partial charge in [0.2, 0.25) is 5.75 Å². The molecule has 1 aliphatic carbocycles. The van der Waals surface area contributed by atoms with Gasteiger partial charge in [-0.1, -0.05) is 47.7 Å². The predicted octanol–water partition coefficient (Wildman–Crippen LogP) is 5.95. The van der Waals surface area contributed by atoms with Crippen molar-refractivity contribution in [3.8, 4) is 28.7 Å². The molecule has 50 heavy (non-hydrogen) atoms. The fraction of sp³-hybridized carbons (Fsp3) is 0.167. The average Bonchev–Trinajstić information content (AvgIpc) is 3.44. The van der Waals surface area contributed by atoms with Gasteiger partial charge in [-0.25, -0.2) is 4.99 Å². The Kier molecular flexibility index (Phi) is 8.37. The van der Waals surface area contributed by atoms with Crippen LogP contribution in [0.3, 0.4) is 0 Å². The van der Waals surface area contributed by atoms with Crippen molar-refractivity contribution < 1.29 is 28.8 Å². The van der Waals surface area contributed by atoms with Gasteiger partial charge in [-0.3, -0.25) is 29.6 Å². The Morgan fingerprint density at radius 2 is 1.54 bits per heavy atom. The summed E-state index contributed by atoms with van der Waals surface area (Å²) in [6.07, 6.45) is 3.27. The highest BCUT2D eigenvalue weighted by Gasteiger charge is 2.33. The van der Waals surface area contributed by atoms with E-state index in [4.69, 9.17) is 23.9 Å². The molecule has 1 aromatic heterocycles. The van der Waals surface area contributed by atoms with Crippen molar-refractivity contribution in [2.24, 2.45) is 4.99 Å². The van der Waals surface area contributed by atoms with E-state index in [1.165, 1.54) is 24.0 Å². The number of allylic oxidation sites excluding steroid dienone is 1. The van der Waals surface area contributed by atoms with E-state index in [1.54, 1.807) is 43.1 Å². The zero-order valence-electron chi connectivity index (χ0n) is 26.9. The van der Waals surface area contributed by atoms with Crippen molar-refractivity contribution in [2.75, 3.05) is 21.3 Å². The zero-order valence-corrected chi connectivity index (χ0v) is 27.8. The maximum atomic E-state index is 14.3. The van der Waals surface area contributed by atoms with Crippen LogP contribution in [-0.2, 0) is 6.42 Å². The number of hydrogen-bond donors (Lipinski definition) is 0. The Bertz CT molecular complexity index is 2430. The minimum absolute atomic E-state index is 0.142. The monoisotopic (exact) mass is 692 g/mol. The SMILES string of the molecule is COc1ccc([C@@H]2C3=C(N=c4s/c(=C\c5ccc(Oc6ccc([N+](=O)[O-])cc6[N+](=O)[O-])c(OC)c5)c(=O)n42)c2ccccc2CC3)cc1OC. The quantitative estimate of drug-likeness (QED) is 0.134. The van der Waals surface area contributed by atoms with Crippen molar-refractivity contribution in [2.45, 2.75) is 18.9 Å². The van der Waals surface area contributed by atoms with Gasteiger partial charge in [0.25, 0.3) is 11.2 Å². The highest BCUT2D eigenvalue weighted by Crippen LogP contribution is 2.43. The topological polar surface area (TPSA) is 158 Å². The minimum atomic E-state index is -0.755. The summed E-state index contributed by atoms with van der Waals surface area (Å²) in [7, 11) is 4.56. The summed E-state index contributed by atoms with van der Waals surface area (Å²) in [5.41, 5.74) is 4.39. The van der Waals surface area contributed by atoms with Gasteiger partial charge >= 0.3 is 5.69 Å². The van der Waals surface area contributed by atoms with Crippen LogP contribution >= 0.6 is 11.3 Å². The lowest BCUT2D eigenvalue weighted by atomic mass is 9.83.